The first kappa shape index (κ1) is 27.2. The summed E-state index contributed by atoms with van der Waals surface area (Å²) >= 11 is -2.55. The van der Waals surface area contributed by atoms with Crippen molar-refractivity contribution >= 4 is 51.2 Å². The SMILES string of the molecule is COC(=O)[C@@H](Cc1cc2ccnc(N)c2cc1F)N1CC[C@H](N(c2cnc(N(C)C)c(C)c2)S(=O)O)C1=O. The molecule has 1 unspecified atom stereocenters. The summed E-state index contributed by atoms with van der Waals surface area (Å²) < 4.78 is 43.6. The fourth-order valence-corrected chi connectivity index (χ4v) is 5.51. The topological polar surface area (TPSA) is 142 Å². The third-order valence-electron chi connectivity index (χ3n) is 6.60. The predicted octanol–water partition coefficient (Wildman–Crippen LogP) is 2.05. The Balaban J connectivity index is 1.65. The van der Waals surface area contributed by atoms with E-state index >= 15 is 4.39 Å². The normalized spacial score (nSPS) is 16.9. The number of likely N-dealkylation sites (tertiary alicyclic amines) is 1. The fourth-order valence-electron chi connectivity index (χ4n) is 4.82. The minimum absolute atomic E-state index is 0.102. The number of methoxy groups -OCH3 is 1. The summed E-state index contributed by atoms with van der Waals surface area (Å²) in [6.45, 7) is 1.91. The Morgan fingerprint density at radius 3 is 2.71 bits per heavy atom. The van der Waals surface area contributed by atoms with Crippen molar-refractivity contribution in [1.29, 1.82) is 0 Å². The molecule has 3 N–H and O–H groups in total. The molecule has 4 rings (SSSR count). The lowest BCUT2D eigenvalue weighted by Crippen LogP contribution is -2.49. The molecule has 0 saturated carbocycles. The minimum atomic E-state index is -2.55. The van der Waals surface area contributed by atoms with Crippen LogP contribution >= 0.6 is 0 Å². The van der Waals surface area contributed by atoms with Crippen LogP contribution in [0.1, 0.15) is 17.5 Å². The van der Waals surface area contributed by atoms with Crippen LogP contribution in [0.15, 0.2) is 36.7 Å². The van der Waals surface area contributed by atoms with Crippen LogP contribution in [0.25, 0.3) is 10.8 Å². The Bertz CT molecular complexity index is 1420. The maximum atomic E-state index is 15.0. The Morgan fingerprint density at radius 1 is 1.34 bits per heavy atom. The van der Waals surface area contributed by atoms with Gasteiger partial charge in [0, 0.05) is 38.6 Å². The smallest absolute Gasteiger partial charge is 0.328 e. The van der Waals surface area contributed by atoms with Gasteiger partial charge in [0.15, 0.2) is 0 Å². The van der Waals surface area contributed by atoms with Crippen LogP contribution in [0, 0.1) is 12.7 Å². The number of benzene rings is 1. The number of aromatic nitrogens is 2. The monoisotopic (exact) mass is 544 g/mol. The molecule has 1 amide bonds. The summed E-state index contributed by atoms with van der Waals surface area (Å²) in [5.74, 6) is -1.02. The van der Waals surface area contributed by atoms with Gasteiger partial charge in [0.25, 0.3) is 11.3 Å². The predicted molar refractivity (Wildman–Crippen MR) is 142 cm³/mol. The van der Waals surface area contributed by atoms with Crippen LogP contribution in [0.2, 0.25) is 0 Å². The number of carbonyl (C=O) groups is 2. The van der Waals surface area contributed by atoms with Crippen molar-refractivity contribution in [3.63, 3.8) is 0 Å². The number of halogens is 1. The number of nitrogen functional groups attached to an aromatic ring is 1. The highest BCUT2D eigenvalue weighted by atomic mass is 32.2. The summed E-state index contributed by atoms with van der Waals surface area (Å²) in [6, 6.07) is 3.98. The zero-order chi connectivity index (χ0) is 27.7. The second-order valence-electron chi connectivity index (χ2n) is 9.23. The highest BCUT2D eigenvalue weighted by Gasteiger charge is 2.44. The van der Waals surface area contributed by atoms with E-state index in [-0.39, 0.29) is 36.5 Å². The average Bonchev–Trinajstić information content (AvgIpc) is 3.23. The van der Waals surface area contributed by atoms with E-state index in [0.29, 0.717) is 16.6 Å². The number of amides is 1. The molecule has 0 radical (unpaired) electrons. The maximum Gasteiger partial charge on any atom is 0.328 e. The molecule has 1 saturated heterocycles. The molecule has 0 bridgehead atoms. The molecule has 1 aliphatic rings. The van der Waals surface area contributed by atoms with Gasteiger partial charge in [0.2, 0.25) is 5.91 Å². The Morgan fingerprint density at radius 2 is 2.08 bits per heavy atom. The second-order valence-corrected chi connectivity index (χ2v) is 10.1. The maximum absolute atomic E-state index is 15.0. The van der Waals surface area contributed by atoms with Crippen molar-refractivity contribution in [2.75, 3.05) is 42.7 Å². The van der Waals surface area contributed by atoms with E-state index in [1.807, 2.05) is 21.0 Å². The van der Waals surface area contributed by atoms with Gasteiger partial charge in [-0.3, -0.25) is 13.7 Å². The highest BCUT2D eigenvalue weighted by Crippen LogP contribution is 2.31. The lowest BCUT2D eigenvalue weighted by atomic mass is 10.0. The van der Waals surface area contributed by atoms with Crippen LogP contribution in [0.5, 0.6) is 0 Å². The standard InChI is InChI=1S/C25H29FN6O5S/c1-14-9-17(13-29-23(14)30(2)3)32(38(35)36)20-6-8-31(24(20)33)21(25(34)37-4)11-16-10-15-5-7-28-22(27)18(15)12-19(16)26/h5,7,9-10,12-13,20-21H,6,8,11H2,1-4H3,(H2,27,28)(H,35,36)/t20-,21+/m0/s1. The molecule has 1 aliphatic heterocycles. The van der Waals surface area contributed by atoms with Gasteiger partial charge in [0.1, 0.15) is 29.5 Å². The number of esters is 1. The number of aryl methyl sites for hydroxylation is 1. The number of fused-ring (bicyclic) bond motifs is 1. The minimum Gasteiger partial charge on any atom is -0.467 e. The summed E-state index contributed by atoms with van der Waals surface area (Å²) in [5, 5.41) is 1.07. The number of rotatable bonds is 8. The summed E-state index contributed by atoms with van der Waals surface area (Å²) in [4.78, 5) is 37.8. The molecular weight excluding hydrogens is 515 g/mol. The molecule has 3 atom stereocenters. The molecule has 2 aromatic heterocycles. The van der Waals surface area contributed by atoms with Gasteiger partial charge in [-0.25, -0.2) is 23.4 Å². The fraction of sp³-hybridized carbons (Fsp3) is 0.360. The zero-order valence-corrected chi connectivity index (χ0v) is 22.2. The Hall–Kier alpha value is -3.84. The Kier molecular flexibility index (Phi) is 7.78. The van der Waals surface area contributed by atoms with Crippen LogP contribution in [0.3, 0.4) is 0 Å². The first-order chi connectivity index (χ1) is 18.0. The molecule has 38 heavy (non-hydrogen) atoms. The van der Waals surface area contributed by atoms with Crippen LogP contribution in [-0.2, 0) is 32.0 Å². The van der Waals surface area contributed by atoms with Gasteiger partial charge in [-0.1, -0.05) is 0 Å². The number of hydrogen-bond acceptors (Lipinski definition) is 8. The van der Waals surface area contributed by atoms with Crippen LogP contribution < -0.4 is 14.9 Å². The summed E-state index contributed by atoms with van der Waals surface area (Å²) in [7, 11) is 4.84. The lowest BCUT2D eigenvalue weighted by molar-refractivity contribution is -0.151. The summed E-state index contributed by atoms with van der Waals surface area (Å²) in [5.41, 5.74) is 7.08. The first-order valence-corrected chi connectivity index (χ1v) is 12.8. The van der Waals surface area contributed by atoms with Gasteiger partial charge < -0.3 is 20.3 Å². The molecule has 13 heteroatoms. The number of ether oxygens (including phenoxy) is 1. The number of nitrogens with two attached hydrogens (primary N) is 1. The number of carbonyl (C=O) groups excluding carboxylic acids is 2. The molecule has 0 spiro atoms. The van der Waals surface area contributed by atoms with Crippen molar-refractivity contribution in [3.05, 3.63) is 53.6 Å². The Labute approximate surface area is 221 Å². The number of hydrogen-bond donors (Lipinski definition) is 2. The molecule has 1 fully saturated rings. The molecule has 1 aromatic carbocycles. The van der Waals surface area contributed by atoms with Crippen molar-refractivity contribution in [3.8, 4) is 0 Å². The van der Waals surface area contributed by atoms with Crippen molar-refractivity contribution in [2.24, 2.45) is 0 Å². The number of anilines is 3. The van der Waals surface area contributed by atoms with E-state index in [1.54, 1.807) is 23.1 Å². The zero-order valence-electron chi connectivity index (χ0n) is 21.4. The molecule has 0 aliphatic carbocycles. The number of nitrogens with zero attached hydrogens (tertiary/aromatic N) is 5. The van der Waals surface area contributed by atoms with E-state index < -0.39 is 41.0 Å². The highest BCUT2D eigenvalue weighted by molar-refractivity contribution is 7.80. The van der Waals surface area contributed by atoms with Gasteiger partial charge in [-0.05, 0) is 54.1 Å². The van der Waals surface area contributed by atoms with E-state index in [1.165, 1.54) is 30.5 Å². The van der Waals surface area contributed by atoms with E-state index in [4.69, 9.17) is 10.5 Å². The van der Waals surface area contributed by atoms with Crippen LogP contribution in [0.4, 0.5) is 21.7 Å². The third-order valence-corrected chi connectivity index (χ3v) is 7.40. The quantitative estimate of drug-likeness (QED) is 0.322. The van der Waals surface area contributed by atoms with Crippen molar-refractivity contribution < 1.29 is 27.5 Å². The van der Waals surface area contributed by atoms with E-state index in [0.717, 1.165) is 9.87 Å². The molecule has 202 valence electrons. The number of pyridine rings is 2. The van der Waals surface area contributed by atoms with E-state index in [9.17, 15) is 18.4 Å². The van der Waals surface area contributed by atoms with Crippen LogP contribution in [-0.4, -0.2) is 75.3 Å². The van der Waals surface area contributed by atoms with Gasteiger partial charge in [0.05, 0.1) is 19.0 Å². The van der Waals surface area contributed by atoms with E-state index in [2.05, 4.69) is 9.97 Å². The second kappa shape index (κ2) is 10.9. The molecular formula is C25H29FN6O5S. The van der Waals surface area contributed by atoms with Crippen molar-refractivity contribution in [2.45, 2.75) is 31.8 Å². The average molecular weight is 545 g/mol. The first-order valence-electron chi connectivity index (χ1n) is 11.8. The largest absolute Gasteiger partial charge is 0.467 e. The van der Waals surface area contributed by atoms with Gasteiger partial charge >= 0.3 is 5.97 Å². The van der Waals surface area contributed by atoms with Gasteiger partial charge in [-0.15, -0.1) is 0 Å². The molecule has 3 heterocycles. The van der Waals surface area contributed by atoms with Gasteiger partial charge in [-0.2, -0.15) is 0 Å². The summed E-state index contributed by atoms with van der Waals surface area (Å²) in [6.07, 6.45) is 2.93. The molecule has 3 aromatic rings. The third kappa shape index (κ3) is 5.11. The lowest BCUT2D eigenvalue weighted by Gasteiger charge is -2.29. The molecule has 11 nitrogen and oxygen atoms in total. The van der Waals surface area contributed by atoms with Crippen molar-refractivity contribution in [1.82, 2.24) is 14.9 Å².